The highest BCUT2D eigenvalue weighted by Gasteiger charge is 2.16. The van der Waals surface area contributed by atoms with Crippen LogP contribution in [-0.4, -0.2) is 41.5 Å². The zero-order chi connectivity index (χ0) is 20.8. The smallest absolute Gasteiger partial charge is 0.343 e. The molecule has 10 heteroatoms. The molecule has 6 nitrogen and oxygen atoms in total. The van der Waals surface area contributed by atoms with Gasteiger partial charge in [0.1, 0.15) is 0 Å². The first-order valence-corrected chi connectivity index (χ1v) is 10.1. The SMILES string of the molecule is CN(C)C=Nc1nnc(SCc2ccc(C(=O)Oc3c(F)cccc3F)cc2)s1. The van der Waals surface area contributed by atoms with Crippen molar-refractivity contribution in [2.75, 3.05) is 14.1 Å². The van der Waals surface area contributed by atoms with E-state index in [-0.39, 0.29) is 5.56 Å². The van der Waals surface area contributed by atoms with Gasteiger partial charge in [-0.15, -0.1) is 10.2 Å². The summed E-state index contributed by atoms with van der Waals surface area (Å²) in [4.78, 5) is 18.1. The Labute approximate surface area is 174 Å². The van der Waals surface area contributed by atoms with Crippen molar-refractivity contribution < 1.29 is 18.3 Å². The Morgan fingerprint density at radius 3 is 2.52 bits per heavy atom. The van der Waals surface area contributed by atoms with E-state index in [1.165, 1.54) is 29.2 Å². The second-order valence-electron chi connectivity index (χ2n) is 5.98. The molecule has 0 aliphatic rings. The van der Waals surface area contributed by atoms with Gasteiger partial charge in [-0.05, 0) is 29.8 Å². The Balaban J connectivity index is 1.58. The van der Waals surface area contributed by atoms with E-state index in [4.69, 9.17) is 4.74 Å². The fraction of sp³-hybridized carbons (Fsp3) is 0.158. The van der Waals surface area contributed by atoms with Crippen LogP contribution in [0.5, 0.6) is 5.75 Å². The van der Waals surface area contributed by atoms with Gasteiger partial charge >= 0.3 is 5.97 Å². The van der Waals surface area contributed by atoms with Crippen LogP contribution in [0.25, 0.3) is 0 Å². The summed E-state index contributed by atoms with van der Waals surface area (Å²) in [5.41, 5.74) is 1.13. The summed E-state index contributed by atoms with van der Waals surface area (Å²) >= 11 is 2.87. The number of thioether (sulfide) groups is 1. The van der Waals surface area contributed by atoms with E-state index in [1.807, 2.05) is 14.1 Å². The van der Waals surface area contributed by atoms with Gasteiger partial charge in [-0.3, -0.25) is 0 Å². The lowest BCUT2D eigenvalue weighted by molar-refractivity contribution is 0.0720. The van der Waals surface area contributed by atoms with Gasteiger partial charge in [0.05, 0.1) is 11.9 Å². The highest BCUT2D eigenvalue weighted by atomic mass is 32.2. The van der Waals surface area contributed by atoms with E-state index in [9.17, 15) is 13.6 Å². The number of esters is 1. The number of para-hydroxylation sites is 1. The number of halogens is 2. The van der Waals surface area contributed by atoms with Crippen LogP contribution < -0.4 is 4.74 Å². The lowest BCUT2D eigenvalue weighted by Gasteiger charge is -2.07. The first kappa shape index (κ1) is 20.9. The molecule has 0 aliphatic heterocycles. The zero-order valence-electron chi connectivity index (χ0n) is 15.5. The molecular weight excluding hydrogens is 418 g/mol. The number of aromatic nitrogens is 2. The molecule has 3 aromatic rings. The summed E-state index contributed by atoms with van der Waals surface area (Å²) in [6.45, 7) is 0. The van der Waals surface area contributed by atoms with Crippen LogP contribution in [-0.2, 0) is 5.75 Å². The van der Waals surface area contributed by atoms with Crippen molar-refractivity contribution in [1.82, 2.24) is 15.1 Å². The number of hydrogen-bond donors (Lipinski definition) is 0. The Hall–Kier alpha value is -2.85. The quantitative estimate of drug-likeness (QED) is 0.179. The van der Waals surface area contributed by atoms with Crippen LogP contribution in [0.2, 0.25) is 0 Å². The molecule has 0 atom stereocenters. The third-order valence-electron chi connectivity index (χ3n) is 3.46. The summed E-state index contributed by atoms with van der Waals surface area (Å²) < 4.78 is 32.8. The number of nitrogens with zero attached hydrogens (tertiary/aromatic N) is 4. The minimum Gasteiger partial charge on any atom is -0.417 e. The Morgan fingerprint density at radius 1 is 1.17 bits per heavy atom. The lowest BCUT2D eigenvalue weighted by atomic mass is 10.1. The van der Waals surface area contributed by atoms with Gasteiger partial charge in [0, 0.05) is 19.8 Å². The fourth-order valence-electron chi connectivity index (χ4n) is 2.09. The first-order valence-electron chi connectivity index (χ1n) is 8.34. The van der Waals surface area contributed by atoms with Gasteiger partial charge < -0.3 is 9.64 Å². The normalized spacial score (nSPS) is 11.0. The molecule has 0 saturated carbocycles. The Bertz CT molecular complexity index is 1000. The molecule has 0 spiro atoms. The monoisotopic (exact) mass is 434 g/mol. The molecule has 0 aliphatic carbocycles. The standard InChI is InChI=1S/C19H16F2N4O2S2/c1-25(2)11-22-18-23-24-19(29-18)28-10-12-6-8-13(9-7-12)17(26)27-16-14(20)4-3-5-15(16)21/h3-9,11H,10H2,1-2H3. The van der Waals surface area contributed by atoms with Crippen molar-refractivity contribution in [3.63, 3.8) is 0 Å². The number of carbonyl (C=O) groups is 1. The lowest BCUT2D eigenvalue weighted by Crippen LogP contribution is -2.10. The molecule has 0 unspecified atom stereocenters. The first-order chi connectivity index (χ1) is 13.9. The maximum atomic E-state index is 13.6. The van der Waals surface area contributed by atoms with E-state index in [1.54, 1.807) is 35.5 Å². The summed E-state index contributed by atoms with van der Waals surface area (Å²) in [7, 11) is 3.74. The van der Waals surface area contributed by atoms with Crippen molar-refractivity contribution in [2.24, 2.45) is 4.99 Å². The molecule has 1 aromatic heterocycles. The van der Waals surface area contributed by atoms with Crippen molar-refractivity contribution in [3.8, 4) is 5.75 Å². The van der Waals surface area contributed by atoms with Crippen LogP contribution in [0.15, 0.2) is 51.8 Å². The fourth-order valence-corrected chi connectivity index (χ4v) is 3.73. The van der Waals surface area contributed by atoms with Gasteiger partial charge in [-0.1, -0.05) is 41.3 Å². The molecule has 0 saturated heterocycles. The number of ether oxygens (including phenoxy) is 1. The highest BCUT2D eigenvalue weighted by molar-refractivity contribution is 8.00. The van der Waals surface area contributed by atoms with E-state index >= 15 is 0 Å². The minimum absolute atomic E-state index is 0.192. The predicted octanol–water partition coefficient (Wildman–Crippen LogP) is 4.55. The van der Waals surface area contributed by atoms with Crippen molar-refractivity contribution in [3.05, 3.63) is 65.2 Å². The van der Waals surface area contributed by atoms with E-state index < -0.39 is 23.4 Å². The number of benzene rings is 2. The number of rotatable bonds is 7. The number of carbonyl (C=O) groups excluding carboxylic acids is 1. The molecule has 0 radical (unpaired) electrons. The van der Waals surface area contributed by atoms with E-state index in [2.05, 4.69) is 15.2 Å². The summed E-state index contributed by atoms with van der Waals surface area (Å²) in [6.07, 6.45) is 1.65. The second-order valence-corrected chi connectivity index (χ2v) is 8.16. The topological polar surface area (TPSA) is 67.7 Å². The van der Waals surface area contributed by atoms with Gasteiger partial charge in [0.2, 0.25) is 10.9 Å². The highest BCUT2D eigenvalue weighted by Crippen LogP contribution is 2.29. The van der Waals surface area contributed by atoms with Crippen LogP contribution in [0, 0.1) is 11.6 Å². The molecule has 0 amide bonds. The number of aliphatic imine (C=N–C) groups is 1. The van der Waals surface area contributed by atoms with Crippen molar-refractivity contribution in [2.45, 2.75) is 10.1 Å². The van der Waals surface area contributed by atoms with Gasteiger partial charge in [-0.2, -0.15) is 0 Å². The van der Waals surface area contributed by atoms with Crippen LogP contribution in [0.3, 0.4) is 0 Å². The Kier molecular flexibility index (Phi) is 6.89. The predicted molar refractivity (Wildman–Crippen MR) is 109 cm³/mol. The zero-order valence-corrected chi connectivity index (χ0v) is 17.1. The van der Waals surface area contributed by atoms with Gasteiger partial charge in [-0.25, -0.2) is 18.6 Å². The van der Waals surface area contributed by atoms with Crippen LogP contribution >= 0.6 is 23.1 Å². The van der Waals surface area contributed by atoms with Gasteiger partial charge in [0.25, 0.3) is 0 Å². The molecule has 0 N–H and O–H groups in total. The van der Waals surface area contributed by atoms with Crippen LogP contribution in [0.4, 0.5) is 13.9 Å². The third-order valence-corrected chi connectivity index (χ3v) is 5.50. The largest absolute Gasteiger partial charge is 0.417 e. The van der Waals surface area contributed by atoms with Crippen molar-refractivity contribution in [1.29, 1.82) is 0 Å². The maximum absolute atomic E-state index is 13.6. The summed E-state index contributed by atoms with van der Waals surface area (Å²) in [5, 5.41) is 8.63. The molecular formula is C19H16F2N4O2S2. The van der Waals surface area contributed by atoms with E-state index in [0.29, 0.717) is 10.9 Å². The Morgan fingerprint density at radius 2 is 1.86 bits per heavy atom. The maximum Gasteiger partial charge on any atom is 0.343 e. The molecule has 2 aromatic carbocycles. The molecule has 0 fully saturated rings. The molecule has 1 heterocycles. The van der Waals surface area contributed by atoms with Gasteiger partial charge in [0.15, 0.2) is 16.0 Å². The average Bonchev–Trinajstić information content (AvgIpc) is 3.16. The second kappa shape index (κ2) is 9.57. The number of hydrogen-bond acceptors (Lipinski definition) is 7. The summed E-state index contributed by atoms with van der Waals surface area (Å²) in [6, 6.07) is 9.83. The third kappa shape index (κ3) is 5.81. The van der Waals surface area contributed by atoms with Crippen LogP contribution in [0.1, 0.15) is 15.9 Å². The molecule has 0 bridgehead atoms. The summed E-state index contributed by atoms with van der Waals surface area (Å²) in [5.74, 6) is -2.79. The average molecular weight is 434 g/mol. The van der Waals surface area contributed by atoms with Crippen molar-refractivity contribution >= 4 is 40.5 Å². The molecule has 3 rings (SSSR count). The molecule has 29 heavy (non-hydrogen) atoms. The molecule has 150 valence electrons. The van der Waals surface area contributed by atoms with E-state index in [0.717, 1.165) is 22.0 Å². The minimum atomic E-state index is -0.933.